The van der Waals surface area contributed by atoms with Crippen molar-refractivity contribution in [3.63, 3.8) is 0 Å². The number of nitrogens with zero attached hydrogens (tertiary/aromatic N) is 3. The van der Waals surface area contributed by atoms with Crippen LogP contribution in [0.15, 0.2) is 66.7 Å². The summed E-state index contributed by atoms with van der Waals surface area (Å²) >= 11 is 5.95. The van der Waals surface area contributed by atoms with Gasteiger partial charge in [0.05, 0.1) is 0 Å². The molecule has 1 N–H and O–H groups in total. The average molecular weight is 407 g/mol. The summed E-state index contributed by atoms with van der Waals surface area (Å²) in [4.78, 5) is 14.6. The molecular formula is C23H23ClN4O. The molecule has 29 heavy (non-hydrogen) atoms. The number of amides is 1. The predicted octanol–water partition coefficient (Wildman–Crippen LogP) is 4.84. The minimum Gasteiger partial charge on any atom is -0.355 e. The summed E-state index contributed by atoms with van der Waals surface area (Å²) in [5.41, 5.74) is 2.32. The molecule has 2 aromatic carbocycles. The van der Waals surface area contributed by atoms with Gasteiger partial charge in [-0.05, 0) is 61.1 Å². The summed E-state index contributed by atoms with van der Waals surface area (Å²) in [6.45, 7) is 1.92. The molecule has 6 heteroatoms. The number of carbonyl (C=O) groups excluding carboxylic acids is 1. The molecule has 1 fully saturated rings. The normalized spacial score (nSPS) is 14.6. The first kappa shape index (κ1) is 19.4. The zero-order chi connectivity index (χ0) is 20.1. The molecule has 0 unspecified atom stereocenters. The van der Waals surface area contributed by atoms with Gasteiger partial charge in [0.25, 0.3) is 5.91 Å². The Kier molecular flexibility index (Phi) is 6.06. The summed E-state index contributed by atoms with van der Waals surface area (Å²) in [6, 6.07) is 21.3. The van der Waals surface area contributed by atoms with Gasteiger partial charge in [-0.15, -0.1) is 10.2 Å². The smallest absolute Gasteiger partial charge is 0.276 e. The van der Waals surface area contributed by atoms with Crippen molar-refractivity contribution in [2.45, 2.75) is 19.3 Å². The first-order chi connectivity index (χ1) is 14.2. The van der Waals surface area contributed by atoms with E-state index < -0.39 is 0 Å². The highest BCUT2D eigenvalue weighted by molar-refractivity contribution is 6.30. The van der Waals surface area contributed by atoms with Crippen molar-refractivity contribution in [3.8, 4) is 0 Å². The Hall–Kier alpha value is -2.92. The lowest BCUT2D eigenvalue weighted by molar-refractivity contribution is 0.102. The Bertz CT molecular complexity index is 954. The van der Waals surface area contributed by atoms with Crippen LogP contribution in [0.4, 0.5) is 11.5 Å². The number of benzene rings is 2. The van der Waals surface area contributed by atoms with E-state index in [0.717, 1.165) is 38.2 Å². The Labute approximate surface area is 175 Å². The van der Waals surface area contributed by atoms with Crippen molar-refractivity contribution in [1.82, 2.24) is 10.2 Å². The number of aromatic nitrogens is 2. The first-order valence-corrected chi connectivity index (χ1v) is 10.2. The van der Waals surface area contributed by atoms with Crippen molar-refractivity contribution < 1.29 is 4.79 Å². The van der Waals surface area contributed by atoms with E-state index in [0.29, 0.717) is 16.6 Å². The number of halogens is 1. The molecule has 4 rings (SSSR count). The second-order valence-electron chi connectivity index (χ2n) is 7.36. The summed E-state index contributed by atoms with van der Waals surface area (Å²) in [5.74, 6) is 1.22. The van der Waals surface area contributed by atoms with Gasteiger partial charge in [-0.25, -0.2) is 0 Å². The molecular weight excluding hydrogens is 384 g/mol. The minimum absolute atomic E-state index is 0.285. The average Bonchev–Trinajstić information content (AvgIpc) is 2.75. The maximum absolute atomic E-state index is 12.4. The van der Waals surface area contributed by atoms with Crippen LogP contribution in [-0.2, 0) is 6.42 Å². The molecule has 0 atom stereocenters. The third kappa shape index (κ3) is 5.12. The van der Waals surface area contributed by atoms with E-state index in [-0.39, 0.29) is 11.6 Å². The second-order valence-corrected chi connectivity index (χ2v) is 7.80. The SMILES string of the molecule is O=C(Nc1cccc(Cl)c1)c1ccc(N2CCC(Cc3ccccc3)CC2)nn1. The largest absolute Gasteiger partial charge is 0.355 e. The fraction of sp³-hybridized carbons (Fsp3) is 0.261. The van der Waals surface area contributed by atoms with E-state index in [9.17, 15) is 4.79 Å². The van der Waals surface area contributed by atoms with Crippen molar-refractivity contribution in [2.75, 3.05) is 23.3 Å². The summed E-state index contributed by atoms with van der Waals surface area (Å²) in [7, 11) is 0. The number of rotatable bonds is 5. The highest BCUT2D eigenvalue weighted by Gasteiger charge is 2.21. The van der Waals surface area contributed by atoms with Crippen LogP contribution >= 0.6 is 11.6 Å². The molecule has 0 bridgehead atoms. The number of hydrogen-bond acceptors (Lipinski definition) is 4. The monoisotopic (exact) mass is 406 g/mol. The Morgan fingerprint density at radius 1 is 1.00 bits per heavy atom. The molecule has 1 aliphatic heterocycles. The topological polar surface area (TPSA) is 58.1 Å². The third-order valence-corrected chi connectivity index (χ3v) is 5.51. The molecule has 1 aromatic heterocycles. The van der Waals surface area contributed by atoms with Gasteiger partial charge in [0.1, 0.15) is 0 Å². The van der Waals surface area contributed by atoms with E-state index in [1.165, 1.54) is 5.56 Å². The van der Waals surface area contributed by atoms with Crippen LogP contribution in [-0.4, -0.2) is 29.2 Å². The Morgan fingerprint density at radius 2 is 1.79 bits per heavy atom. The quantitative estimate of drug-likeness (QED) is 0.658. The number of anilines is 2. The lowest BCUT2D eigenvalue weighted by Gasteiger charge is -2.32. The highest BCUT2D eigenvalue weighted by Crippen LogP contribution is 2.24. The van der Waals surface area contributed by atoms with Crippen LogP contribution in [0.25, 0.3) is 0 Å². The Balaban J connectivity index is 1.32. The standard InChI is InChI=1S/C23H23ClN4O/c24-19-7-4-8-20(16-19)25-23(29)21-9-10-22(27-26-21)28-13-11-18(12-14-28)15-17-5-2-1-3-6-17/h1-10,16,18H,11-15H2,(H,25,29). The number of nitrogens with one attached hydrogen (secondary N) is 1. The van der Waals surface area contributed by atoms with Crippen LogP contribution in [0.3, 0.4) is 0 Å². The van der Waals surface area contributed by atoms with E-state index in [1.54, 1.807) is 30.3 Å². The van der Waals surface area contributed by atoms with Crippen LogP contribution in [0.5, 0.6) is 0 Å². The summed E-state index contributed by atoms with van der Waals surface area (Å²) in [5, 5.41) is 11.8. The lowest BCUT2D eigenvalue weighted by Crippen LogP contribution is -2.35. The molecule has 2 heterocycles. The van der Waals surface area contributed by atoms with Crippen molar-refractivity contribution in [2.24, 2.45) is 5.92 Å². The van der Waals surface area contributed by atoms with Gasteiger partial charge in [0.2, 0.25) is 0 Å². The first-order valence-electron chi connectivity index (χ1n) is 9.87. The van der Waals surface area contributed by atoms with Gasteiger partial charge in [-0.1, -0.05) is 48.0 Å². The van der Waals surface area contributed by atoms with Gasteiger partial charge >= 0.3 is 0 Å². The highest BCUT2D eigenvalue weighted by atomic mass is 35.5. The van der Waals surface area contributed by atoms with Gasteiger partial charge in [0, 0.05) is 23.8 Å². The molecule has 0 radical (unpaired) electrons. The minimum atomic E-state index is -0.298. The molecule has 3 aromatic rings. The van der Waals surface area contributed by atoms with Crippen LogP contribution in [0.2, 0.25) is 5.02 Å². The second kappa shape index (κ2) is 9.05. The molecule has 0 aliphatic carbocycles. The van der Waals surface area contributed by atoms with E-state index in [2.05, 4.69) is 50.7 Å². The maximum atomic E-state index is 12.4. The summed E-state index contributed by atoms with van der Waals surface area (Å²) in [6.07, 6.45) is 3.39. The molecule has 5 nitrogen and oxygen atoms in total. The molecule has 148 valence electrons. The van der Waals surface area contributed by atoms with Gasteiger partial charge in [-0.2, -0.15) is 0 Å². The maximum Gasteiger partial charge on any atom is 0.276 e. The molecule has 1 amide bonds. The predicted molar refractivity (Wildman–Crippen MR) is 117 cm³/mol. The van der Waals surface area contributed by atoms with Crippen LogP contribution < -0.4 is 10.2 Å². The summed E-state index contributed by atoms with van der Waals surface area (Å²) < 4.78 is 0. The van der Waals surface area contributed by atoms with Gasteiger partial charge < -0.3 is 10.2 Å². The van der Waals surface area contributed by atoms with Crippen molar-refractivity contribution in [1.29, 1.82) is 0 Å². The Morgan fingerprint density at radius 3 is 2.48 bits per heavy atom. The molecule has 0 saturated carbocycles. The molecule has 1 aliphatic rings. The zero-order valence-corrected chi connectivity index (χ0v) is 16.8. The zero-order valence-electron chi connectivity index (χ0n) is 16.1. The number of carbonyl (C=O) groups is 1. The lowest BCUT2D eigenvalue weighted by atomic mass is 9.90. The van der Waals surface area contributed by atoms with Gasteiger partial charge in [-0.3, -0.25) is 4.79 Å². The number of hydrogen-bond donors (Lipinski definition) is 1. The molecule has 1 saturated heterocycles. The van der Waals surface area contributed by atoms with E-state index in [1.807, 2.05) is 6.07 Å². The van der Waals surface area contributed by atoms with Crippen molar-refractivity contribution in [3.05, 3.63) is 83.0 Å². The van der Waals surface area contributed by atoms with Crippen molar-refractivity contribution >= 4 is 29.0 Å². The van der Waals surface area contributed by atoms with Crippen LogP contribution in [0, 0.1) is 5.92 Å². The fourth-order valence-corrected chi connectivity index (χ4v) is 3.88. The third-order valence-electron chi connectivity index (χ3n) is 5.27. The van der Waals surface area contributed by atoms with E-state index in [4.69, 9.17) is 11.6 Å². The van der Waals surface area contributed by atoms with Crippen LogP contribution in [0.1, 0.15) is 28.9 Å². The number of piperidine rings is 1. The fourth-order valence-electron chi connectivity index (χ4n) is 3.69. The molecule has 0 spiro atoms. The van der Waals surface area contributed by atoms with E-state index >= 15 is 0 Å². The van der Waals surface area contributed by atoms with Gasteiger partial charge in [0.15, 0.2) is 11.5 Å².